The molecule has 1 amide bonds. The number of rotatable bonds is 9. The number of aromatic carboxylic acids is 1. The van der Waals surface area contributed by atoms with Crippen LogP contribution < -0.4 is 14.8 Å². The topological polar surface area (TPSA) is 109 Å². The summed E-state index contributed by atoms with van der Waals surface area (Å²) in [6, 6.07) is 20.7. The van der Waals surface area contributed by atoms with Crippen molar-refractivity contribution in [3.8, 4) is 17.6 Å². The first-order chi connectivity index (χ1) is 16.4. The molecule has 0 bridgehead atoms. The van der Waals surface area contributed by atoms with Crippen molar-refractivity contribution < 1.29 is 24.2 Å². The van der Waals surface area contributed by atoms with E-state index in [9.17, 15) is 14.9 Å². The number of hydrogen-bond acceptors (Lipinski definition) is 5. The Hall–Kier alpha value is -3.84. The highest BCUT2D eigenvalue weighted by Crippen LogP contribution is 2.25. The van der Waals surface area contributed by atoms with Crippen LogP contribution in [0, 0.1) is 14.9 Å². The largest absolute Gasteiger partial charge is 0.494 e. The van der Waals surface area contributed by atoms with E-state index in [1.165, 1.54) is 18.2 Å². The molecule has 0 saturated heterocycles. The number of nitrogens with one attached hydrogen (secondary N) is 1. The molecule has 0 unspecified atom stereocenters. The van der Waals surface area contributed by atoms with Crippen LogP contribution in [0.2, 0.25) is 0 Å². The van der Waals surface area contributed by atoms with Gasteiger partial charge < -0.3 is 19.9 Å². The second-order valence-electron chi connectivity index (χ2n) is 7.07. The standard InChI is InChI=1S/C26H21IN2O5/c1-2-33-22-5-3-4-21(14-22)29-25(30)20(15-28)12-18-8-11-24(23(27)13-18)34-16-17-6-9-19(10-7-17)26(31)32/h3-14H,2,16H2,1H3,(H,29,30)(H,31,32)/b20-12-. The minimum Gasteiger partial charge on any atom is -0.494 e. The molecule has 0 aliphatic carbocycles. The summed E-state index contributed by atoms with van der Waals surface area (Å²) in [6.07, 6.45) is 1.51. The second-order valence-corrected chi connectivity index (χ2v) is 8.23. The van der Waals surface area contributed by atoms with Gasteiger partial charge in [0, 0.05) is 11.8 Å². The number of benzene rings is 3. The van der Waals surface area contributed by atoms with Crippen LogP contribution in [0.5, 0.6) is 11.5 Å². The Morgan fingerprint density at radius 3 is 2.50 bits per heavy atom. The van der Waals surface area contributed by atoms with Gasteiger partial charge in [-0.1, -0.05) is 24.3 Å². The maximum Gasteiger partial charge on any atom is 0.335 e. The van der Waals surface area contributed by atoms with Gasteiger partial charge in [-0.3, -0.25) is 4.79 Å². The molecule has 0 atom stereocenters. The Morgan fingerprint density at radius 1 is 1.09 bits per heavy atom. The summed E-state index contributed by atoms with van der Waals surface area (Å²) < 4.78 is 12.1. The number of nitrogens with zero attached hydrogens (tertiary/aromatic N) is 1. The molecule has 0 aromatic heterocycles. The number of hydrogen-bond donors (Lipinski definition) is 2. The number of carboxylic acids is 1. The lowest BCUT2D eigenvalue weighted by Gasteiger charge is -2.10. The van der Waals surface area contributed by atoms with Gasteiger partial charge in [0.15, 0.2) is 0 Å². The molecule has 0 spiro atoms. The van der Waals surface area contributed by atoms with Crippen molar-refractivity contribution in [3.63, 3.8) is 0 Å². The van der Waals surface area contributed by atoms with Crippen molar-refractivity contribution in [2.75, 3.05) is 11.9 Å². The SMILES string of the molecule is CCOc1cccc(NC(=O)/C(C#N)=C\c2ccc(OCc3ccc(C(=O)O)cc3)c(I)c2)c1. The monoisotopic (exact) mass is 568 g/mol. The van der Waals surface area contributed by atoms with Crippen LogP contribution in [-0.2, 0) is 11.4 Å². The third-order valence-corrected chi connectivity index (χ3v) is 5.47. The number of carbonyl (C=O) groups excluding carboxylic acids is 1. The average Bonchev–Trinajstić information content (AvgIpc) is 2.82. The lowest BCUT2D eigenvalue weighted by Crippen LogP contribution is -2.13. The van der Waals surface area contributed by atoms with Gasteiger partial charge in [-0.15, -0.1) is 0 Å². The number of anilines is 1. The maximum atomic E-state index is 12.6. The molecule has 3 aromatic carbocycles. The Bertz CT molecular complexity index is 1260. The molecular formula is C26H21IN2O5. The van der Waals surface area contributed by atoms with E-state index in [1.807, 2.05) is 19.1 Å². The van der Waals surface area contributed by atoms with Crippen LogP contribution in [0.15, 0.2) is 72.3 Å². The molecule has 3 aromatic rings. The number of carboxylic acid groups (broad SMARTS) is 1. The van der Waals surface area contributed by atoms with E-state index in [2.05, 4.69) is 27.9 Å². The van der Waals surface area contributed by atoms with Crippen molar-refractivity contribution in [2.24, 2.45) is 0 Å². The number of nitriles is 1. The summed E-state index contributed by atoms with van der Waals surface area (Å²) in [6.45, 7) is 2.66. The molecule has 34 heavy (non-hydrogen) atoms. The van der Waals surface area contributed by atoms with Gasteiger partial charge in [0.2, 0.25) is 0 Å². The molecule has 8 heteroatoms. The lowest BCUT2D eigenvalue weighted by molar-refractivity contribution is -0.112. The van der Waals surface area contributed by atoms with Gasteiger partial charge >= 0.3 is 5.97 Å². The summed E-state index contributed by atoms with van der Waals surface area (Å²) in [5.74, 6) is -0.229. The van der Waals surface area contributed by atoms with Gasteiger partial charge in [-0.05, 0) is 83.1 Å². The van der Waals surface area contributed by atoms with E-state index in [4.69, 9.17) is 14.6 Å². The Balaban J connectivity index is 1.67. The van der Waals surface area contributed by atoms with Crippen LogP contribution in [-0.4, -0.2) is 23.6 Å². The van der Waals surface area contributed by atoms with Crippen LogP contribution >= 0.6 is 22.6 Å². The number of amides is 1. The van der Waals surface area contributed by atoms with Crippen molar-refractivity contribution in [1.82, 2.24) is 0 Å². The Kier molecular flexibility index (Phi) is 8.65. The van der Waals surface area contributed by atoms with Crippen LogP contribution in [0.3, 0.4) is 0 Å². The molecule has 172 valence electrons. The van der Waals surface area contributed by atoms with Gasteiger partial charge in [0.05, 0.1) is 15.7 Å². The third kappa shape index (κ3) is 6.83. The van der Waals surface area contributed by atoms with Crippen LogP contribution in [0.1, 0.15) is 28.4 Å². The van der Waals surface area contributed by atoms with Crippen LogP contribution in [0.25, 0.3) is 6.08 Å². The Morgan fingerprint density at radius 2 is 1.85 bits per heavy atom. The minimum absolute atomic E-state index is 0.0372. The summed E-state index contributed by atoms with van der Waals surface area (Å²) in [5.41, 5.74) is 2.23. The normalized spacial score (nSPS) is 10.8. The van der Waals surface area contributed by atoms with E-state index in [0.29, 0.717) is 29.4 Å². The fourth-order valence-corrected chi connectivity index (χ4v) is 3.67. The van der Waals surface area contributed by atoms with Crippen molar-refractivity contribution >= 4 is 46.2 Å². The zero-order chi connectivity index (χ0) is 24.5. The molecule has 0 saturated carbocycles. The predicted octanol–water partition coefficient (Wildman–Crippen LogP) is 5.51. The molecule has 0 fully saturated rings. The molecule has 0 aliphatic heterocycles. The minimum atomic E-state index is -0.977. The fraction of sp³-hybridized carbons (Fsp3) is 0.115. The summed E-state index contributed by atoms with van der Waals surface area (Å²) in [4.78, 5) is 23.5. The second kappa shape index (κ2) is 11.9. The van der Waals surface area contributed by atoms with E-state index in [-0.39, 0.29) is 17.7 Å². The van der Waals surface area contributed by atoms with E-state index < -0.39 is 11.9 Å². The number of ether oxygens (including phenoxy) is 2. The molecule has 0 aliphatic rings. The van der Waals surface area contributed by atoms with E-state index in [0.717, 1.165) is 9.13 Å². The van der Waals surface area contributed by atoms with Crippen molar-refractivity contribution in [1.29, 1.82) is 5.26 Å². The predicted molar refractivity (Wildman–Crippen MR) is 137 cm³/mol. The quantitative estimate of drug-likeness (QED) is 0.200. The van der Waals surface area contributed by atoms with Crippen molar-refractivity contribution in [3.05, 3.63) is 92.6 Å². The zero-order valence-corrected chi connectivity index (χ0v) is 20.4. The summed E-state index contributed by atoms with van der Waals surface area (Å²) in [7, 11) is 0. The van der Waals surface area contributed by atoms with E-state index >= 15 is 0 Å². The van der Waals surface area contributed by atoms with Gasteiger partial charge in [0.1, 0.15) is 29.7 Å². The van der Waals surface area contributed by atoms with E-state index in [1.54, 1.807) is 48.5 Å². The highest BCUT2D eigenvalue weighted by atomic mass is 127. The number of halogens is 1. The Labute approximate surface area is 210 Å². The number of carbonyl (C=O) groups is 2. The first-order valence-electron chi connectivity index (χ1n) is 10.3. The molecule has 0 heterocycles. The first kappa shape index (κ1) is 24.8. The molecule has 7 nitrogen and oxygen atoms in total. The molecule has 0 radical (unpaired) electrons. The molecular weight excluding hydrogens is 547 g/mol. The molecule has 3 rings (SSSR count). The highest BCUT2D eigenvalue weighted by molar-refractivity contribution is 14.1. The van der Waals surface area contributed by atoms with Crippen molar-refractivity contribution in [2.45, 2.75) is 13.5 Å². The molecule has 2 N–H and O–H groups in total. The average molecular weight is 568 g/mol. The zero-order valence-electron chi connectivity index (χ0n) is 18.2. The summed E-state index contributed by atoms with van der Waals surface area (Å²) in [5, 5.41) is 21.2. The summed E-state index contributed by atoms with van der Waals surface area (Å²) >= 11 is 2.12. The highest BCUT2D eigenvalue weighted by Gasteiger charge is 2.11. The van der Waals surface area contributed by atoms with Gasteiger partial charge in [-0.25, -0.2) is 4.79 Å². The van der Waals surface area contributed by atoms with Gasteiger partial charge in [0.25, 0.3) is 5.91 Å². The van der Waals surface area contributed by atoms with Gasteiger partial charge in [-0.2, -0.15) is 5.26 Å². The lowest BCUT2D eigenvalue weighted by atomic mass is 10.1. The maximum absolute atomic E-state index is 12.6. The third-order valence-electron chi connectivity index (χ3n) is 4.63. The fourth-order valence-electron chi connectivity index (χ4n) is 2.97. The van der Waals surface area contributed by atoms with Crippen LogP contribution in [0.4, 0.5) is 5.69 Å². The smallest absolute Gasteiger partial charge is 0.335 e. The first-order valence-corrected chi connectivity index (χ1v) is 11.4.